The van der Waals surface area contributed by atoms with Gasteiger partial charge in [-0.3, -0.25) is 4.79 Å². The van der Waals surface area contributed by atoms with Gasteiger partial charge in [0.25, 0.3) is 0 Å². The Morgan fingerprint density at radius 1 is 1.42 bits per heavy atom. The molecule has 0 fully saturated rings. The fourth-order valence-corrected chi connectivity index (χ4v) is 1.45. The number of aryl methyl sites for hydroxylation is 1. The van der Waals surface area contributed by atoms with E-state index in [9.17, 15) is 9.18 Å². The first kappa shape index (κ1) is 15.3. The van der Waals surface area contributed by atoms with E-state index in [1.165, 1.54) is 6.33 Å². The van der Waals surface area contributed by atoms with Gasteiger partial charge in [-0.05, 0) is 6.42 Å². The van der Waals surface area contributed by atoms with Crippen molar-refractivity contribution in [2.75, 3.05) is 32.1 Å². The number of nitrogens with zero attached hydrogens (tertiary/aromatic N) is 2. The molecule has 2 N–H and O–H groups in total. The molecule has 1 heterocycles. The van der Waals surface area contributed by atoms with E-state index in [1.807, 2.05) is 6.92 Å². The highest BCUT2D eigenvalue weighted by Gasteiger charge is 2.09. The summed E-state index contributed by atoms with van der Waals surface area (Å²) in [4.78, 5) is 19.0. The maximum Gasteiger partial charge on any atom is 0.221 e. The second-order valence-corrected chi connectivity index (χ2v) is 3.86. The molecular formula is C12H19FN4O2. The van der Waals surface area contributed by atoms with Gasteiger partial charge in [-0.2, -0.15) is 0 Å². The van der Waals surface area contributed by atoms with Crippen LogP contribution in [0.2, 0.25) is 0 Å². The standard InChI is InChI=1S/C12H19FN4O2/c1-3-9-11(13)12(17-8-16-9)15-5-4-10(18)14-6-7-19-2/h8H,3-7H2,1-2H3,(H,14,18)(H,15,16,17). The Hall–Kier alpha value is -1.76. The molecule has 1 rings (SSSR count). The van der Waals surface area contributed by atoms with E-state index in [2.05, 4.69) is 20.6 Å². The summed E-state index contributed by atoms with van der Waals surface area (Å²) in [5.74, 6) is -0.434. The molecule has 1 amide bonds. The first-order chi connectivity index (χ1) is 9.19. The molecule has 0 spiro atoms. The summed E-state index contributed by atoms with van der Waals surface area (Å²) < 4.78 is 18.6. The van der Waals surface area contributed by atoms with Crippen molar-refractivity contribution in [3.8, 4) is 0 Å². The minimum atomic E-state index is -0.454. The van der Waals surface area contributed by atoms with Crippen molar-refractivity contribution >= 4 is 11.7 Å². The lowest BCUT2D eigenvalue weighted by Gasteiger charge is -2.08. The van der Waals surface area contributed by atoms with Crippen molar-refractivity contribution < 1.29 is 13.9 Å². The summed E-state index contributed by atoms with van der Waals surface area (Å²) in [6, 6.07) is 0. The predicted molar refractivity (Wildman–Crippen MR) is 69.4 cm³/mol. The molecule has 1 aromatic heterocycles. The molecule has 0 atom stereocenters. The van der Waals surface area contributed by atoms with Gasteiger partial charge in [0.15, 0.2) is 11.6 Å². The quantitative estimate of drug-likeness (QED) is 0.681. The van der Waals surface area contributed by atoms with Crippen LogP contribution in [0.25, 0.3) is 0 Å². The van der Waals surface area contributed by atoms with Crippen LogP contribution in [-0.2, 0) is 16.0 Å². The maximum atomic E-state index is 13.7. The van der Waals surface area contributed by atoms with Crippen molar-refractivity contribution in [2.24, 2.45) is 0 Å². The van der Waals surface area contributed by atoms with Gasteiger partial charge >= 0.3 is 0 Å². The molecule has 0 saturated heterocycles. The first-order valence-electron chi connectivity index (χ1n) is 6.17. The molecule has 0 unspecified atom stereocenters. The number of hydrogen-bond donors (Lipinski definition) is 2. The SMILES string of the molecule is CCc1ncnc(NCCC(=O)NCCOC)c1F. The Morgan fingerprint density at radius 3 is 2.89 bits per heavy atom. The van der Waals surface area contributed by atoms with Gasteiger partial charge in [-0.25, -0.2) is 14.4 Å². The number of ether oxygens (including phenoxy) is 1. The average Bonchev–Trinajstić information content (AvgIpc) is 2.41. The van der Waals surface area contributed by atoms with E-state index in [4.69, 9.17) is 4.74 Å². The number of rotatable bonds is 8. The van der Waals surface area contributed by atoms with E-state index in [1.54, 1.807) is 7.11 Å². The maximum absolute atomic E-state index is 13.7. The summed E-state index contributed by atoms with van der Waals surface area (Å²) in [6.07, 6.45) is 2.05. The highest BCUT2D eigenvalue weighted by molar-refractivity contribution is 5.76. The largest absolute Gasteiger partial charge is 0.383 e. The molecule has 0 saturated carbocycles. The third kappa shape index (κ3) is 5.17. The van der Waals surface area contributed by atoms with Crippen LogP contribution in [0.3, 0.4) is 0 Å². The molecule has 19 heavy (non-hydrogen) atoms. The molecule has 106 valence electrons. The van der Waals surface area contributed by atoms with E-state index < -0.39 is 5.82 Å². The lowest BCUT2D eigenvalue weighted by molar-refractivity contribution is -0.121. The Bertz CT molecular complexity index is 415. The van der Waals surface area contributed by atoms with Crippen molar-refractivity contribution in [1.82, 2.24) is 15.3 Å². The second-order valence-electron chi connectivity index (χ2n) is 3.86. The van der Waals surface area contributed by atoms with E-state index >= 15 is 0 Å². The van der Waals surface area contributed by atoms with Crippen molar-refractivity contribution in [3.05, 3.63) is 17.8 Å². The molecule has 0 aromatic carbocycles. The topological polar surface area (TPSA) is 76.1 Å². The molecule has 0 radical (unpaired) electrons. The van der Waals surface area contributed by atoms with Gasteiger partial charge in [-0.1, -0.05) is 6.92 Å². The fraction of sp³-hybridized carbons (Fsp3) is 0.583. The number of methoxy groups -OCH3 is 1. The van der Waals surface area contributed by atoms with E-state index in [0.717, 1.165) is 0 Å². The number of amides is 1. The van der Waals surface area contributed by atoms with E-state index in [-0.39, 0.29) is 18.1 Å². The monoisotopic (exact) mass is 270 g/mol. The molecular weight excluding hydrogens is 251 g/mol. The van der Waals surface area contributed by atoms with Crippen LogP contribution in [0.4, 0.5) is 10.2 Å². The Kier molecular flexibility index (Phi) is 6.73. The van der Waals surface area contributed by atoms with Gasteiger partial charge in [0, 0.05) is 26.6 Å². The normalized spacial score (nSPS) is 10.3. The number of carbonyl (C=O) groups is 1. The lowest BCUT2D eigenvalue weighted by Crippen LogP contribution is -2.28. The molecule has 0 aliphatic heterocycles. The van der Waals surface area contributed by atoms with Gasteiger partial charge in [0.2, 0.25) is 5.91 Å². The zero-order chi connectivity index (χ0) is 14.1. The summed E-state index contributed by atoms with van der Waals surface area (Å²) >= 11 is 0. The zero-order valence-corrected chi connectivity index (χ0v) is 11.2. The number of nitrogens with one attached hydrogen (secondary N) is 2. The van der Waals surface area contributed by atoms with Crippen LogP contribution in [0.5, 0.6) is 0 Å². The molecule has 1 aromatic rings. The molecule has 7 heteroatoms. The van der Waals surface area contributed by atoms with Gasteiger partial charge in [0.1, 0.15) is 6.33 Å². The Balaban J connectivity index is 2.35. The van der Waals surface area contributed by atoms with Crippen LogP contribution in [-0.4, -0.2) is 42.7 Å². The van der Waals surface area contributed by atoms with Crippen LogP contribution in [0.15, 0.2) is 6.33 Å². The molecule has 6 nitrogen and oxygen atoms in total. The fourth-order valence-electron chi connectivity index (χ4n) is 1.45. The molecule has 0 aliphatic carbocycles. The first-order valence-corrected chi connectivity index (χ1v) is 6.17. The number of anilines is 1. The highest BCUT2D eigenvalue weighted by Crippen LogP contribution is 2.12. The number of halogens is 1. The predicted octanol–water partition coefficient (Wildman–Crippen LogP) is 0.743. The smallest absolute Gasteiger partial charge is 0.221 e. The van der Waals surface area contributed by atoms with Gasteiger partial charge < -0.3 is 15.4 Å². The number of carbonyl (C=O) groups excluding carboxylic acids is 1. The van der Waals surface area contributed by atoms with Gasteiger partial charge in [-0.15, -0.1) is 0 Å². The Morgan fingerprint density at radius 2 is 2.21 bits per heavy atom. The summed E-state index contributed by atoms with van der Waals surface area (Å²) in [6.45, 7) is 3.07. The molecule has 0 aliphatic rings. The van der Waals surface area contributed by atoms with Crippen LogP contribution >= 0.6 is 0 Å². The lowest BCUT2D eigenvalue weighted by atomic mass is 10.3. The van der Waals surface area contributed by atoms with Crippen LogP contribution in [0.1, 0.15) is 19.0 Å². The number of aromatic nitrogens is 2. The highest BCUT2D eigenvalue weighted by atomic mass is 19.1. The second kappa shape index (κ2) is 8.36. The minimum Gasteiger partial charge on any atom is -0.383 e. The van der Waals surface area contributed by atoms with Crippen molar-refractivity contribution in [3.63, 3.8) is 0 Å². The molecule has 0 bridgehead atoms. The summed E-state index contributed by atoms with van der Waals surface area (Å²) in [5, 5.41) is 5.47. The third-order valence-corrected chi connectivity index (χ3v) is 2.47. The number of hydrogen-bond acceptors (Lipinski definition) is 5. The third-order valence-electron chi connectivity index (χ3n) is 2.47. The zero-order valence-electron chi connectivity index (χ0n) is 11.2. The van der Waals surface area contributed by atoms with Crippen molar-refractivity contribution in [2.45, 2.75) is 19.8 Å². The average molecular weight is 270 g/mol. The summed E-state index contributed by atoms with van der Waals surface area (Å²) in [7, 11) is 1.57. The Labute approximate surface area is 111 Å². The van der Waals surface area contributed by atoms with E-state index in [0.29, 0.717) is 31.8 Å². The van der Waals surface area contributed by atoms with Gasteiger partial charge in [0.05, 0.1) is 12.3 Å². The van der Waals surface area contributed by atoms with Crippen LogP contribution < -0.4 is 10.6 Å². The minimum absolute atomic E-state index is 0.116. The van der Waals surface area contributed by atoms with Crippen molar-refractivity contribution in [1.29, 1.82) is 0 Å². The van der Waals surface area contributed by atoms with Crippen LogP contribution in [0, 0.1) is 5.82 Å². The summed E-state index contributed by atoms with van der Waals surface area (Å²) in [5.41, 5.74) is 0.363.